The van der Waals surface area contributed by atoms with E-state index in [-0.39, 0.29) is 0 Å². The van der Waals surface area contributed by atoms with Gasteiger partial charge in [0.15, 0.2) is 0 Å². The lowest BCUT2D eigenvalue weighted by Gasteiger charge is -2.18. The third-order valence-electron chi connectivity index (χ3n) is 2.84. The lowest BCUT2D eigenvalue weighted by Crippen LogP contribution is -2.22. The average Bonchev–Trinajstić information content (AvgIpc) is 2.46. The molecule has 2 rings (SSSR count). The van der Waals surface area contributed by atoms with Crippen LogP contribution in [0.15, 0.2) is 42.6 Å². The van der Waals surface area contributed by atoms with Gasteiger partial charge in [-0.05, 0) is 18.1 Å². The monoisotopic (exact) mass is 242 g/mol. The van der Waals surface area contributed by atoms with Crippen molar-refractivity contribution >= 4 is 5.82 Å². The Morgan fingerprint density at radius 2 is 1.94 bits per heavy atom. The van der Waals surface area contributed by atoms with E-state index in [4.69, 9.17) is 5.73 Å². The van der Waals surface area contributed by atoms with E-state index in [1.165, 1.54) is 5.56 Å². The topological polar surface area (TPSA) is 55.0 Å². The molecule has 2 aromatic rings. The van der Waals surface area contributed by atoms with Gasteiger partial charge in [-0.25, -0.2) is 9.97 Å². The van der Waals surface area contributed by atoms with Gasteiger partial charge in [-0.1, -0.05) is 30.3 Å². The van der Waals surface area contributed by atoms with Gasteiger partial charge in [-0.3, -0.25) is 0 Å². The summed E-state index contributed by atoms with van der Waals surface area (Å²) < 4.78 is 0. The Labute approximate surface area is 107 Å². The van der Waals surface area contributed by atoms with Crippen molar-refractivity contribution in [2.45, 2.75) is 13.0 Å². The summed E-state index contributed by atoms with van der Waals surface area (Å²) in [6, 6.07) is 12.3. The maximum absolute atomic E-state index is 5.54. The highest BCUT2D eigenvalue weighted by atomic mass is 15.2. The molecule has 18 heavy (non-hydrogen) atoms. The molecular weight excluding hydrogens is 224 g/mol. The second-order valence-electron chi connectivity index (χ2n) is 4.19. The predicted molar refractivity (Wildman–Crippen MR) is 73.3 cm³/mol. The van der Waals surface area contributed by atoms with E-state index in [1.807, 2.05) is 19.2 Å². The summed E-state index contributed by atoms with van der Waals surface area (Å²) in [5.41, 5.74) is 6.87. The van der Waals surface area contributed by atoms with E-state index in [0.29, 0.717) is 12.4 Å². The molecule has 0 radical (unpaired) electrons. The summed E-state index contributed by atoms with van der Waals surface area (Å²) in [4.78, 5) is 10.6. The van der Waals surface area contributed by atoms with Crippen molar-refractivity contribution in [2.75, 3.05) is 18.5 Å². The Balaban J connectivity index is 1.97. The molecule has 0 aliphatic carbocycles. The maximum Gasteiger partial charge on any atom is 0.144 e. The fourth-order valence-electron chi connectivity index (χ4n) is 1.76. The number of likely N-dealkylation sites (N-methyl/N-ethyl adjacent to an activating group) is 1. The first-order valence-corrected chi connectivity index (χ1v) is 6.06. The number of anilines is 1. The SMILES string of the molecule is CN(CCc1ccccc1)c1ccnc(CN)n1. The van der Waals surface area contributed by atoms with Crippen LogP contribution in [-0.2, 0) is 13.0 Å². The number of benzene rings is 1. The van der Waals surface area contributed by atoms with Crippen LogP contribution in [0.1, 0.15) is 11.4 Å². The molecule has 0 saturated carbocycles. The third-order valence-corrected chi connectivity index (χ3v) is 2.84. The van der Waals surface area contributed by atoms with Gasteiger partial charge in [0.05, 0.1) is 6.54 Å². The first-order valence-electron chi connectivity index (χ1n) is 6.06. The van der Waals surface area contributed by atoms with Crippen LogP contribution < -0.4 is 10.6 Å². The molecule has 2 N–H and O–H groups in total. The van der Waals surface area contributed by atoms with Crippen molar-refractivity contribution in [2.24, 2.45) is 5.73 Å². The smallest absolute Gasteiger partial charge is 0.144 e. The van der Waals surface area contributed by atoms with Crippen molar-refractivity contribution in [1.82, 2.24) is 9.97 Å². The van der Waals surface area contributed by atoms with Gasteiger partial charge in [0, 0.05) is 19.8 Å². The Kier molecular flexibility index (Phi) is 4.25. The molecule has 1 aromatic heterocycles. The van der Waals surface area contributed by atoms with Gasteiger partial charge < -0.3 is 10.6 Å². The van der Waals surface area contributed by atoms with Crippen LogP contribution >= 0.6 is 0 Å². The van der Waals surface area contributed by atoms with Crippen LogP contribution in [0.25, 0.3) is 0 Å². The van der Waals surface area contributed by atoms with E-state index in [0.717, 1.165) is 18.8 Å². The second kappa shape index (κ2) is 6.12. The normalized spacial score (nSPS) is 10.3. The van der Waals surface area contributed by atoms with Crippen molar-refractivity contribution < 1.29 is 0 Å². The molecule has 0 bridgehead atoms. The summed E-state index contributed by atoms with van der Waals surface area (Å²) in [6.45, 7) is 1.30. The fraction of sp³-hybridized carbons (Fsp3) is 0.286. The molecule has 0 unspecified atom stereocenters. The van der Waals surface area contributed by atoms with Gasteiger partial charge in [0.25, 0.3) is 0 Å². The summed E-state index contributed by atoms with van der Waals surface area (Å²) in [7, 11) is 2.03. The lowest BCUT2D eigenvalue weighted by molar-refractivity contribution is 0.831. The molecule has 1 heterocycles. The van der Waals surface area contributed by atoms with E-state index < -0.39 is 0 Å². The van der Waals surface area contributed by atoms with Crippen LogP contribution in [-0.4, -0.2) is 23.6 Å². The minimum Gasteiger partial charge on any atom is -0.359 e. The molecule has 0 saturated heterocycles. The first-order chi connectivity index (χ1) is 8.79. The van der Waals surface area contributed by atoms with Gasteiger partial charge in [-0.2, -0.15) is 0 Å². The molecule has 0 spiro atoms. The zero-order valence-corrected chi connectivity index (χ0v) is 10.6. The van der Waals surface area contributed by atoms with E-state index in [2.05, 4.69) is 39.1 Å². The molecule has 1 aromatic carbocycles. The van der Waals surface area contributed by atoms with E-state index in [1.54, 1.807) is 6.20 Å². The summed E-state index contributed by atoms with van der Waals surface area (Å²) >= 11 is 0. The predicted octanol–water partition coefficient (Wildman–Crippen LogP) is 1.61. The number of nitrogens with two attached hydrogens (primary N) is 1. The van der Waals surface area contributed by atoms with Crippen molar-refractivity contribution in [3.8, 4) is 0 Å². The maximum atomic E-state index is 5.54. The number of hydrogen-bond acceptors (Lipinski definition) is 4. The van der Waals surface area contributed by atoms with Crippen LogP contribution in [0.5, 0.6) is 0 Å². The highest BCUT2D eigenvalue weighted by Gasteiger charge is 2.04. The zero-order chi connectivity index (χ0) is 12.8. The summed E-state index contributed by atoms with van der Waals surface area (Å²) in [6.07, 6.45) is 2.75. The molecule has 0 atom stereocenters. The van der Waals surface area contributed by atoms with Crippen LogP contribution in [0.3, 0.4) is 0 Å². The van der Waals surface area contributed by atoms with Gasteiger partial charge in [0.2, 0.25) is 0 Å². The molecular formula is C14H18N4. The molecule has 0 aliphatic heterocycles. The molecule has 4 nitrogen and oxygen atoms in total. The number of aromatic nitrogens is 2. The Morgan fingerprint density at radius 3 is 2.67 bits per heavy atom. The number of nitrogens with zero attached hydrogens (tertiary/aromatic N) is 3. The minimum atomic E-state index is 0.375. The second-order valence-corrected chi connectivity index (χ2v) is 4.19. The Hall–Kier alpha value is -1.94. The van der Waals surface area contributed by atoms with Crippen LogP contribution in [0.2, 0.25) is 0 Å². The van der Waals surface area contributed by atoms with Crippen molar-refractivity contribution in [3.05, 3.63) is 54.0 Å². The van der Waals surface area contributed by atoms with Gasteiger partial charge in [-0.15, -0.1) is 0 Å². The fourth-order valence-corrected chi connectivity index (χ4v) is 1.76. The van der Waals surface area contributed by atoms with E-state index in [9.17, 15) is 0 Å². The molecule has 4 heteroatoms. The summed E-state index contributed by atoms with van der Waals surface area (Å²) in [5.74, 6) is 1.60. The standard InChI is InChI=1S/C14H18N4/c1-18(10-8-12-5-3-2-4-6-12)14-7-9-16-13(11-15)17-14/h2-7,9H,8,10-11,15H2,1H3. The molecule has 0 aliphatic rings. The first kappa shape index (κ1) is 12.5. The highest BCUT2D eigenvalue weighted by molar-refractivity contribution is 5.36. The molecule has 0 amide bonds. The molecule has 94 valence electrons. The van der Waals surface area contributed by atoms with E-state index >= 15 is 0 Å². The van der Waals surface area contributed by atoms with Crippen LogP contribution in [0, 0.1) is 0 Å². The largest absolute Gasteiger partial charge is 0.359 e. The molecule has 0 fully saturated rings. The van der Waals surface area contributed by atoms with Gasteiger partial charge >= 0.3 is 0 Å². The Morgan fingerprint density at radius 1 is 1.17 bits per heavy atom. The summed E-state index contributed by atoms with van der Waals surface area (Å²) in [5, 5.41) is 0. The van der Waals surface area contributed by atoms with Gasteiger partial charge in [0.1, 0.15) is 11.6 Å². The Bertz CT molecular complexity index is 484. The quantitative estimate of drug-likeness (QED) is 0.865. The minimum absolute atomic E-state index is 0.375. The van der Waals surface area contributed by atoms with Crippen molar-refractivity contribution in [3.63, 3.8) is 0 Å². The van der Waals surface area contributed by atoms with Crippen LogP contribution in [0.4, 0.5) is 5.82 Å². The average molecular weight is 242 g/mol. The number of rotatable bonds is 5. The zero-order valence-electron chi connectivity index (χ0n) is 10.6. The number of hydrogen-bond donors (Lipinski definition) is 1. The van der Waals surface area contributed by atoms with Crippen molar-refractivity contribution in [1.29, 1.82) is 0 Å². The lowest BCUT2D eigenvalue weighted by atomic mass is 10.1. The highest BCUT2D eigenvalue weighted by Crippen LogP contribution is 2.09. The third kappa shape index (κ3) is 3.28.